The average Bonchev–Trinajstić information content (AvgIpc) is 3.66. The van der Waals surface area contributed by atoms with E-state index in [2.05, 4.69) is 15.6 Å². The molecule has 2 amide bonds. The molecule has 3 heterocycles. The van der Waals surface area contributed by atoms with Gasteiger partial charge in [-0.3, -0.25) is 9.59 Å². The molecule has 9 heteroatoms. The van der Waals surface area contributed by atoms with Crippen LogP contribution in [0.5, 0.6) is 0 Å². The van der Waals surface area contributed by atoms with Crippen LogP contribution in [0.1, 0.15) is 23.1 Å². The molecule has 35 heavy (non-hydrogen) atoms. The van der Waals surface area contributed by atoms with Crippen LogP contribution in [0.2, 0.25) is 0 Å². The highest BCUT2D eigenvalue weighted by atomic mass is 16.3. The van der Waals surface area contributed by atoms with Gasteiger partial charge in [-0.05, 0) is 42.0 Å². The Morgan fingerprint density at radius 1 is 0.886 bits per heavy atom. The van der Waals surface area contributed by atoms with Crippen LogP contribution in [0, 0.1) is 0 Å². The number of nitrogens with zero attached hydrogens (tertiary/aromatic N) is 4. The molecule has 5 aromatic rings. The summed E-state index contributed by atoms with van der Waals surface area (Å²) < 4.78 is 12.4. The highest BCUT2D eigenvalue weighted by Crippen LogP contribution is 2.25. The fraction of sp³-hybridized carbons (Fsp3) is 0.154. The Labute approximate surface area is 200 Å². The first-order valence-corrected chi connectivity index (χ1v) is 11.1. The Hall–Kier alpha value is -4.66. The number of hydrogen-bond donors (Lipinski definition) is 1. The van der Waals surface area contributed by atoms with E-state index in [1.165, 1.54) is 15.8 Å². The molecule has 3 aromatic heterocycles. The van der Waals surface area contributed by atoms with Crippen LogP contribution < -0.4 is 5.32 Å². The predicted octanol–water partition coefficient (Wildman–Crippen LogP) is 3.70. The molecule has 0 saturated carbocycles. The van der Waals surface area contributed by atoms with Crippen LogP contribution in [0.4, 0.5) is 0 Å². The first-order valence-electron chi connectivity index (χ1n) is 11.1. The van der Waals surface area contributed by atoms with Gasteiger partial charge in [0.1, 0.15) is 29.6 Å². The van der Waals surface area contributed by atoms with E-state index in [0.29, 0.717) is 22.6 Å². The number of carbonyl (C=O) groups excluding carboxylic acids is 2. The largest absolute Gasteiger partial charge is 0.467 e. The molecule has 0 aliphatic carbocycles. The number of carbonyl (C=O) groups is 2. The van der Waals surface area contributed by atoms with Crippen LogP contribution >= 0.6 is 0 Å². The molecule has 9 nitrogen and oxygen atoms in total. The van der Waals surface area contributed by atoms with E-state index in [-0.39, 0.29) is 31.4 Å². The van der Waals surface area contributed by atoms with Gasteiger partial charge in [0.15, 0.2) is 0 Å². The average molecular weight is 470 g/mol. The second kappa shape index (κ2) is 10.1. The third kappa shape index (κ3) is 4.98. The lowest BCUT2D eigenvalue weighted by Gasteiger charge is -2.30. The van der Waals surface area contributed by atoms with Crippen LogP contribution in [0.15, 0.2) is 100 Å². The SMILES string of the molecule is O=C(NCc1ccco1)[C@H](c1ccccc1)N(Cc1ccco1)C(=O)Cn1nnc2ccccc21. The van der Waals surface area contributed by atoms with Crippen molar-refractivity contribution < 1.29 is 18.4 Å². The maximum atomic E-state index is 13.7. The molecule has 176 valence electrons. The fourth-order valence-corrected chi connectivity index (χ4v) is 3.94. The number of nitrogens with one attached hydrogen (secondary N) is 1. The molecule has 0 aliphatic rings. The van der Waals surface area contributed by atoms with Gasteiger partial charge in [-0.15, -0.1) is 5.10 Å². The molecule has 1 atom stereocenters. The third-order valence-corrected chi connectivity index (χ3v) is 5.62. The molecule has 0 fully saturated rings. The molecule has 0 radical (unpaired) electrons. The lowest BCUT2D eigenvalue weighted by molar-refractivity contribution is -0.142. The number of hydrogen-bond acceptors (Lipinski definition) is 6. The van der Waals surface area contributed by atoms with E-state index in [1.807, 2.05) is 54.6 Å². The molecule has 5 rings (SSSR count). The van der Waals surface area contributed by atoms with Crippen molar-refractivity contribution in [2.45, 2.75) is 25.7 Å². The van der Waals surface area contributed by atoms with Crippen LogP contribution in [0.3, 0.4) is 0 Å². The lowest BCUT2D eigenvalue weighted by Crippen LogP contribution is -2.44. The molecule has 0 unspecified atom stereocenters. The molecule has 0 spiro atoms. The van der Waals surface area contributed by atoms with E-state index in [4.69, 9.17) is 8.83 Å². The van der Waals surface area contributed by atoms with Gasteiger partial charge in [0.25, 0.3) is 0 Å². The van der Waals surface area contributed by atoms with E-state index in [9.17, 15) is 9.59 Å². The topological polar surface area (TPSA) is 106 Å². The van der Waals surface area contributed by atoms with Gasteiger partial charge in [-0.1, -0.05) is 47.7 Å². The summed E-state index contributed by atoms with van der Waals surface area (Å²) in [5, 5.41) is 11.2. The molecule has 1 N–H and O–H groups in total. The smallest absolute Gasteiger partial charge is 0.247 e. The summed E-state index contributed by atoms with van der Waals surface area (Å²) in [5.41, 5.74) is 2.10. The number of fused-ring (bicyclic) bond motifs is 1. The number of benzene rings is 2. The minimum absolute atomic E-state index is 0.0873. The van der Waals surface area contributed by atoms with Crippen molar-refractivity contribution in [2.24, 2.45) is 0 Å². The zero-order valence-electron chi connectivity index (χ0n) is 18.8. The molecule has 0 bridgehead atoms. The van der Waals surface area contributed by atoms with Crippen molar-refractivity contribution in [3.8, 4) is 0 Å². The fourth-order valence-electron chi connectivity index (χ4n) is 3.94. The van der Waals surface area contributed by atoms with Crippen molar-refractivity contribution in [1.29, 1.82) is 0 Å². The summed E-state index contributed by atoms with van der Waals surface area (Å²) in [6.45, 7) is 0.216. The Kier molecular flexibility index (Phi) is 6.38. The van der Waals surface area contributed by atoms with Gasteiger partial charge in [-0.2, -0.15) is 0 Å². The summed E-state index contributed by atoms with van der Waals surface area (Å²) in [4.78, 5) is 28.7. The van der Waals surface area contributed by atoms with Crippen molar-refractivity contribution in [2.75, 3.05) is 0 Å². The Morgan fingerprint density at radius 3 is 2.34 bits per heavy atom. The molecule has 0 saturated heterocycles. The van der Waals surface area contributed by atoms with Gasteiger partial charge in [0.2, 0.25) is 11.8 Å². The van der Waals surface area contributed by atoms with E-state index in [0.717, 1.165) is 5.52 Å². The molecular weight excluding hydrogens is 446 g/mol. The summed E-state index contributed by atoms with van der Waals surface area (Å²) >= 11 is 0. The Morgan fingerprint density at radius 2 is 1.60 bits per heavy atom. The quantitative estimate of drug-likeness (QED) is 0.353. The summed E-state index contributed by atoms with van der Waals surface area (Å²) in [6, 6.07) is 22.7. The van der Waals surface area contributed by atoms with Crippen molar-refractivity contribution in [3.63, 3.8) is 0 Å². The zero-order chi connectivity index (χ0) is 24.0. The van der Waals surface area contributed by atoms with Gasteiger partial charge < -0.3 is 19.1 Å². The highest BCUT2D eigenvalue weighted by Gasteiger charge is 2.32. The van der Waals surface area contributed by atoms with Crippen LogP contribution in [-0.4, -0.2) is 31.7 Å². The van der Waals surface area contributed by atoms with E-state index >= 15 is 0 Å². The molecule has 0 aliphatic heterocycles. The van der Waals surface area contributed by atoms with E-state index in [1.54, 1.807) is 30.5 Å². The van der Waals surface area contributed by atoms with Crippen molar-refractivity contribution >= 4 is 22.8 Å². The first kappa shape index (κ1) is 22.1. The van der Waals surface area contributed by atoms with Crippen LogP contribution in [0.25, 0.3) is 11.0 Å². The highest BCUT2D eigenvalue weighted by molar-refractivity contribution is 5.89. The Balaban J connectivity index is 1.48. The molecule has 2 aromatic carbocycles. The maximum Gasteiger partial charge on any atom is 0.247 e. The van der Waals surface area contributed by atoms with Gasteiger partial charge in [0, 0.05) is 0 Å². The number of para-hydroxylation sites is 1. The third-order valence-electron chi connectivity index (χ3n) is 5.62. The normalized spacial score (nSPS) is 11.9. The summed E-state index contributed by atoms with van der Waals surface area (Å²) in [7, 11) is 0. The predicted molar refractivity (Wildman–Crippen MR) is 127 cm³/mol. The first-order chi connectivity index (χ1) is 17.2. The van der Waals surface area contributed by atoms with Gasteiger partial charge in [0.05, 0.1) is 31.1 Å². The van der Waals surface area contributed by atoms with Gasteiger partial charge >= 0.3 is 0 Å². The maximum absolute atomic E-state index is 13.7. The van der Waals surface area contributed by atoms with Gasteiger partial charge in [-0.25, -0.2) is 4.68 Å². The number of rotatable bonds is 9. The van der Waals surface area contributed by atoms with Crippen molar-refractivity contribution in [3.05, 3.63) is 108 Å². The lowest BCUT2D eigenvalue weighted by atomic mass is 10.0. The second-order valence-corrected chi connectivity index (χ2v) is 7.95. The number of aromatic nitrogens is 3. The zero-order valence-corrected chi connectivity index (χ0v) is 18.8. The summed E-state index contributed by atoms with van der Waals surface area (Å²) in [6.07, 6.45) is 3.09. The number of furan rings is 2. The monoisotopic (exact) mass is 469 g/mol. The Bertz CT molecular complexity index is 1390. The number of amides is 2. The van der Waals surface area contributed by atoms with E-state index < -0.39 is 6.04 Å². The standard InChI is InChI=1S/C26H23N5O4/c32-24(18-31-23-13-5-4-12-22(23)28-29-31)30(17-21-11-7-15-35-21)25(19-8-2-1-3-9-19)26(33)27-16-20-10-6-14-34-20/h1-15,25H,16-18H2,(H,27,33)/t25-/m0/s1. The minimum atomic E-state index is -0.904. The molecular formula is C26H23N5O4. The van der Waals surface area contributed by atoms with Crippen molar-refractivity contribution in [1.82, 2.24) is 25.2 Å². The second-order valence-electron chi connectivity index (χ2n) is 7.95. The minimum Gasteiger partial charge on any atom is -0.467 e. The van der Waals surface area contributed by atoms with Crippen LogP contribution in [-0.2, 0) is 29.2 Å². The summed E-state index contributed by atoms with van der Waals surface area (Å²) in [5.74, 6) is 0.528.